The van der Waals surface area contributed by atoms with E-state index in [1.54, 1.807) is 36.2 Å². The standard InChI is InChI=1S/C21H23NO6/c1-4-28-18(23)12-11-15-8-7-9-16(14-15)22-13-6-5-10-17(20(24)26-2)19(22)21(25)27-3/h5-10,13-14H,4,11-12H2,1-3H3. The van der Waals surface area contributed by atoms with Gasteiger partial charge >= 0.3 is 17.9 Å². The molecule has 1 aliphatic heterocycles. The molecule has 0 unspecified atom stereocenters. The second-order valence-corrected chi connectivity index (χ2v) is 5.79. The number of aryl methyl sites for hydroxylation is 1. The molecule has 0 spiro atoms. The van der Waals surface area contributed by atoms with Crippen LogP contribution >= 0.6 is 0 Å². The molecule has 0 saturated carbocycles. The van der Waals surface area contributed by atoms with Gasteiger partial charge in [-0.1, -0.05) is 18.2 Å². The number of allylic oxidation sites excluding steroid dienone is 2. The zero-order valence-corrected chi connectivity index (χ0v) is 16.1. The minimum atomic E-state index is -0.673. The van der Waals surface area contributed by atoms with Crippen molar-refractivity contribution in [1.82, 2.24) is 0 Å². The number of nitrogens with zero attached hydrogens (tertiary/aromatic N) is 1. The Hall–Kier alpha value is -3.35. The summed E-state index contributed by atoms with van der Waals surface area (Å²) in [6.07, 6.45) is 7.23. The van der Waals surface area contributed by atoms with Crippen molar-refractivity contribution in [3.05, 3.63) is 65.5 Å². The van der Waals surface area contributed by atoms with Crippen molar-refractivity contribution in [3.8, 4) is 0 Å². The lowest BCUT2D eigenvalue weighted by Crippen LogP contribution is -2.27. The molecule has 1 heterocycles. The molecule has 0 N–H and O–H groups in total. The van der Waals surface area contributed by atoms with Crippen LogP contribution in [0.1, 0.15) is 18.9 Å². The van der Waals surface area contributed by atoms with E-state index in [1.165, 1.54) is 20.3 Å². The number of carbonyl (C=O) groups is 3. The van der Waals surface area contributed by atoms with Gasteiger partial charge in [0.1, 0.15) is 5.70 Å². The molecule has 0 saturated heterocycles. The molecule has 0 aromatic heterocycles. The van der Waals surface area contributed by atoms with Gasteiger partial charge in [0.25, 0.3) is 0 Å². The first-order valence-electron chi connectivity index (χ1n) is 8.81. The van der Waals surface area contributed by atoms with Crippen molar-refractivity contribution < 1.29 is 28.6 Å². The monoisotopic (exact) mass is 385 g/mol. The third-order valence-electron chi connectivity index (χ3n) is 4.00. The summed E-state index contributed by atoms with van der Waals surface area (Å²) in [5.41, 5.74) is 1.65. The SMILES string of the molecule is CCOC(=O)CCc1cccc(N2C=CC=CC(C(=O)OC)=C2C(=O)OC)c1. The highest BCUT2D eigenvalue weighted by atomic mass is 16.5. The van der Waals surface area contributed by atoms with Crippen LogP contribution < -0.4 is 4.90 Å². The molecule has 1 aromatic rings. The van der Waals surface area contributed by atoms with Crippen molar-refractivity contribution in [2.45, 2.75) is 19.8 Å². The Morgan fingerprint density at radius 3 is 2.46 bits per heavy atom. The lowest BCUT2D eigenvalue weighted by atomic mass is 10.1. The van der Waals surface area contributed by atoms with Gasteiger partial charge < -0.3 is 19.1 Å². The van der Waals surface area contributed by atoms with Crippen LogP contribution in [0.2, 0.25) is 0 Å². The molecule has 7 nitrogen and oxygen atoms in total. The number of hydrogen-bond donors (Lipinski definition) is 0. The zero-order chi connectivity index (χ0) is 20.5. The summed E-state index contributed by atoms with van der Waals surface area (Å²) in [6.45, 7) is 2.10. The Morgan fingerprint density at radius 2 is 1.79 bits per heavy atom. The van der Waals surface area contributed by atoms with Gasteiger partial charge in [0.05, 0.1) is 26.4 Å². The molecule has 148 valence electrons. The van der Waals surface area contributed by atoms with Crippen LogP contribution in [0.15, 0.2) is 60.0 Å². The number of carbonyl (C=O) groups excluding carboxylic acids is 3. The van der Waals surface area contributed by atoms with Crippen LogP contribution in [0, 0.1) is 0 Å². The first-order chi connectivity index (χ1) is 13.5. The Balaban J connectivity index is 2.40. The maximum atomic E-state index is 12.4. The van der Waals surface area contributed by atoms with Gasteiger partial charge in [0.2, 0.25) is 0 Å². The summed E-state index contributed by atoms with van der Waals surface area (Å²) in [7, 11) is 2.49. The summed E-state index contributed by atoms with van der Waals surface area (Å²) in [6, 6.07) is 7.33. The first-order valence-corrected chi connectivity index (χ1v) is 8.81. The quantitative estimate of drug-likeness (QED) is 0.527. The van der Waals surface area contributed by atoms with Gasteiger partial charge in [-0.15, -0.1) is 0 Å². The molecule has 1 aliphatic rings. The molecular weight excluding hydrogens is 362 g/mol. The molecular formula is C21H23NO6. The van der Waals surface area contributed by atoms with E-state index in [1.807, 2.05) is 18.2 Å². The lowest BCUT2D eigenvalue weighted by molar-refractivity contribution is -0.143. The summed E-state index contributed by atoms with van der Waals surface area (Å²) in [4.78, 5) is 37.8. The number of ether oxygens (including phenoxy) is 3. The first kappa shape index (κ1) is 21.0. The fraction of sp³-hybridized carbons (Fsp3) is 0.286. The Labute approximate surface area is 163 Å². The average molecular weight is 385 g/mol. The highest BCUT2D eigenvalue weighted by Gasteiger charge is 2.27. The number of hydrogen-bond acceptors (Lipinski definition) is 7. The minimum Gasteiger partial charge on any atom is -0.466 e. The van der Waals surface area contributed by atoms with Gasteiger partial charge in [0.15, 0.2) is 0 Å². The van der Waals surface area contributed by atoms with Crippen molar-refractivity contribution >= 4 is 23.6 Å². The Kier molecular flexibility index (Phi) is 7.56. The second kappa shape index (κ2) is 10.1. The van der Waals surface area contributed by atoms with Crippen LogP contribution in [0.4, 0.5) is 5.69 Å². The van der Waals surface area contributed by atoms with Gasteiger partial charge in [-0.3, -0.25) is 4.79 Å². The summed E-state index contributed by atoms with van der Waals surface area (Å²) >= 11 is 0. The van der Waals surface area contributed by atoms with Crippen molar-refractivity contribution in [3.63, 3.8) is 0 Å². The fourth-order valence-electron chi connectivity index (χ4n) is 2.71. The molecule has 2 rings (SSSR count). The maximum absolute atomic E-state index is 12.4. The number of methoxy groups -OCH3 is 2. The van der Waals surface area contributed by atoms with Gasteiger partial charge in [-0.05, 0) is 43.2 Å². The smallest absolute Gasteiger partial charge is 0.355 e. The molecule has 7 heteroatoms. The normalized spacial score (nSPS) is 13.2. The topological polar surface area (TPSA) is 82.1 Å². The molecule has 0 amide bonds. The zero-order valence-electron chi connectivity index (χ0n) is 16.1. The van der Waals surface area contributed by atoms with E-state index in [0.717, 1.165) is 5.56 Å². The largest absolute Gasteiger partial charge is 0.466 e. The van der Waals surface area contributed by atoms with Crippen LogP contribution in [-0.4, -0.2) is 38.7 Å². The van der Waals surface area contributed by atoms with E-state index in [2.05, 4.69) is 0 Å². The molecule has 0 bridgehead atoms. The third-order valence-corrected chi connectivity index (χ3v) is 4.00. The van der Waals surface area contributed by atoms with Crippen molar-refractivity contribution in [1.29, 1.82) is 0 Å². The van der Waals surface area contributed by atoms with E-state index in [9.17, 15) is 14.4 Å². The van der Waals surface area contributed by atoms with Crippen LogP contribution in [0.5, 0.6) is 0 Å². The number of benzene rings is 1. The highest BCUT2D eigenvalue weighted by Crippen LogP contribution is 2.27. The second-order valence-electron chi connectivity index (χ2n) is 5.79. The summed E-state index contributed by atoms with van der Waals surface area (Å²) in [5, 5.41) is 0. The van der Waals surface area contributed by atoms with Crippen molar-refractivity contribution in [2.75, 3.05) is 25.7 Å². The number of esters is 3. The highest BCUT2D eigenvalue weighted by molar-refractivity contribution is 6.05. The summed E-state index contributed by atoms with van der Waals surface area (Å²) in [5.74, 6) is -1.59. The molecule has 0 atom stereocenters. The van der Waals surface area contributed by atoms with Crippen LogP contribution in [0.25, 0.3) is 0 Å². The predicted molar refractivity (Wildman–Crippen MR) is 103 cm³/mol. The van der Waals surface area contributed by atoms with Crippen molar-refractivity contribution in [2.24, 2.45) is 0 Å². The molecule has 0 radical (unpaired) electrons. The molecule has 28 heavy (non-hydrogen) atoms. The number of rotatable bonds is 7. The van der Waals surface area contributed by atoms with E-state index < -0.39 is 11.9 Å². The fourth-order valence-corrected chi connectivity index (χ4v) is 2.71. The van der Waals surface area contributed by atoms with E-state index >= 15 is 0 Å². The average Bonchev–Trinajstić information content (AvgIpc) is 2.94. The predicted octanol–water partition coefficient (Wildman–Crippen LogP) is 2.67. The Morgan fingerprint density at radius 1 is 1.04 bits per heavy atom. The van der Waals surface area contributed by atoms with E-state index in [4.69, 9.17) is 14.2 Å². The van der Waals surface area contributed by atoms with Gasteiger partial charge in [-0.2, -0.15) is 0 Å². The maximum Gasteiger partial charge on any atom is 0.355 e. The number of anilines is 1. The Bertz CT molecular complexity index is 837. The minimum absolute atomic E-state index is 0.0434. The molecule has 0 aliphatic carbocycles. The van der Waals surface area contributed by atoms with E-state index in [-0.39, 0.29) is 23.7 Å². The van der Waals surface area contributed by atoms with E-state index in [0.29, 0.717) is 18.7 Å². The third kappa shape index (κ3) is 5.09. The van der Waals surface area contributed by atoms with Gasteiger partial charge in [0, 0.05) is 18.3 Å². The summed E-state index contributed by atoms with van der Waals surface area (Å²) < 4.78 is 14.6. The van der Waals surface area contributed by atoms with Gasteiger partial charge in [-0.25, -0.2) is 9.59 Å². The van der Waals surface area contributed by atoms with Crippen LogP contribution in [0.3, 0.4) is 0 Å². The molecule has 1 aromatic carbocycles. The lowest BCUT2D eigenvalue weighted by Gasteiger charge is -2.23. The van der Waals surface area contributed by atoms with Crippen LogP contribution in [-0.2, 0) is 35.0 Å². The molecule has 0 fully saturated rings.